The normalized spacial score (nSPS) is 26.0. The lowest BCUT2D eigenvalue weighted by Gasteiger charge is -2.06. The van der Waals surface area contributed by atoms with Crippen LogP contribution in [-0.2, 0) is 6.54 Å². The summed E-state index contributed by atoms with van der Waals surface area (Å²) >= 11 is 0. The van der Waals surface area contributed by atoms with Gasteiger partial charge in [-0.2, -0.15) is 5.10 Å². The molecule has 1 aliphatic heterocycles. The molecule has 3 rings (SSSR count). The van der Waals surface area contributed by atoms with Crippen molar-refractivity contribution < 1.29 is 0 Å². The van der Waals surface area contributed by atoms with Crippen LogP contribution in [0.25, 0.3) is 0 Å². The molecule has 2 fully saturated rings. The minimum atomic E-state index is 0.0654. The van der Waals surface area contributed by atoms with E-state index in [4.69, 9.17) is 0 Å². The van der Waals surface area contributed by atoms with Crippen molar-refractivity contribution in [3.05, 3.63) is 16.8 Å². The van der Waals surface area contributed by atoms with Crippen LogP contribution in [0.5, 0.6) is 0 Å². The lowest BCUT2D eigenvalue weighted by atomic mass is 10.3. The van der Waals surface area contributed by atoms with Gasteiger partial charge in [-0.25, -0.2) is 9.48 Å². The SMILES string of the molecule is O=c1n(C2CCNC2)cnn1CC1CC1. The van der Waals surface area contributed by atoms with Gasteiger partial charge >= 0.3 is 5.69 Å². The van der Waals surface area contributed by atoms with Gasteiger partial charge in [0.25, 0.3) is 0 Å². The van der Waals surface area contributed by atoms with Crippen LogP contribution >= 0.6 is 0 Å². The van der Waals surface area contributed by atoms with Gasteiger partial charge in [-0.05, 0) is 31.7 Å². The highest BCUT2D eigenvalue weighted by Crippen LogP contribution is 2.29. The fourth-order valence-corrected chi connectivity index (χ4v) is 2.15. The summed E-state index contributed by atoms with van der Waals surface area (Å²) in [4.78, 5) is 12.0. The highest BCUT2D eigenvalue weighted by molar-refractivity contribution is 4.83. The predicted molar refractivity (Wildman–Crippen MR) is 55.7 cm³/mol. The Hall–Kier alpha value is -1.10. The molecule has 0 aromatic carbocycles. The molecule has 82 valence electrons. The predicted octanol–water partition coefficient (Wildman–Crippen LogP) is -0.0108. The third-order valence-corrected chi connectivity index (χ3v) is 3.31. The van der Waals surface area contributed by atoms with Crippen LogP contribution in [-0.4, -0.2) is 27.4 Å². The smallest absolute Gasteiger partial charge is 0.315 e. The molecule has 2 heterocycles. The molecule has 0 bridgehead atoms. The van der Waals surface area contributed by atoms with Crippen molar-refractivity contribution >= 4 is 0 Å². The van der Waals surface area contributed by atoms with Gasteiger partial charge in [0, 0.05) is 13.1 Å². The monoisotopic (exact) mass is 208 g/mol. The summed E-state index contributed by atoms with van der Waals surface area (Å²) in [7, 11) is 0. The number of nitrogens with one attached hydrogen (secondary N) is 1. The lowest BCUT2D eigenvalue weighted by Crippen LogP contribution is -2.29. The molecule has 1 aliphatic carbocycles. The maximum atomic E-state index is 12.0. The van der Waals surface area contributed by atoms with E-state index in [1.165, 1.54) is 12.8 Å². The Morgan fingerprint density at radius 2 is 2.33 bits per heavy atom. The fraction of sp³-hybridized carbons (Fsp3) is 0.800. The van der Waals surface area contributed by atoms with Crippen LogP contribution in [0.15, 0.2) is 11.1 Å². The van der Waals surface area contributed by atoms with E-state index in [0.717, 1.165) is 26.1 Å². The second-order valence-corrected chi connectivity index (χ2v) is 4.59. The van der Waals surface area contributed by atoms with E-state index < -0.39 is 0 Å². The molecule has 0 amide bonds. The average Bonchev–Trinajstić information content (AvgIpc) is 2.75. The maximum Gasteiger partial charge on any atom is 0.346 e. The van der Waals surface area contributed by atoms with Gasteiger partial charge in [0.05, 0.1) is 6.04 Å². The molecular weight excluding hydrogens is 192 g/mol. The fourth-order valence-electron chi connectivity index (χ4n) is 2.15. The molecule has 5 heteroatoms. The summed E-state index contributed by atoms with van der Waals surface area (Å²) in [6, 6.07) is 0.311. The molecular formula is C10H16N4O. The molecule has 1 saturated heterocycles. The van der Waals surface area contributed by atoms with Gasteiger partial charge in [-0.1, -0.05) is 0 Å². The van der Waals surface area contributed by atoms with Gasteiger partial charge in [0.2, 0.25) is 0 Å². The zero-order valence-corrected chi connectivity index (χ0v) is 8.72. The van der Waals surface area contributed by atoms with Crippen LogP contribution in [0.1, 0.15) is 25.3 Å². The Morgan fingerprint density at radius 1 is 1.47 bits per heavy atom. The van der Waals surface area contributed by atoms with E-state index in [1.54, 1.807) is 15.6 Å². The first-order valence-corrected chi connectivity index (χ1v) is 5.69. The first-order chi connectivity index (χ1) is 7.34. The van der Waals surface area contributed by atoms with Crippen LogP contribution in [0.3, 0.4) is 0 Å². The first kappa shape index (κ1) is 9.15. The summed E-state index contributed by atoms with van der Waals surface area (Å²) in [5.74, 6) is 0.702. The number of hydrogen-bond donors (Lipinski definition) is 1. The zero-order valence-electron chi connectivity index (χ0n) is 8.72. The molecule has 1 aromatic rings. The van der Waals surface area contributed by atoms with Gasteiger partial charge in [-0.3, -0.25) is 4.57 Å². The molecule has 1 unspecified atom stereocenters. The van der Waals surface area contributed by atoms with E-state index >= 15 is 0 Å². The van der Waals surface area contributed by atoms with Gasteiger partial charge in [-0.15, -0.1) is 0 Å². The zero-order chi connectivity index (χ0) is 10.3. The molecule has 1 aromatic heterocycles. The maximum absolute atomic E-state index is 12.0. The van der Waals surface area contributed by atoms with E-state index in [9.17, 15) is 4.79 Å². The average molecular weight is 208 g/mol. The third kappa shape index (κ3) is 1.71. The van der Waals surface area contributed by atoms with Crippen molar-refractivity contribution in [2.75, 3.05) is 13.1 Å². The van der Waals surface area contributed by atoms with Crippen LogP contribution in [0.2, 0.25) is 0 Å². The molecule has 5 nitrogen and oxygen atoms in total. The van der Waals surface area contributed by atoms with Gasteiger partial charge in [0.1, 0.15) is 6.33 Å². The standard InChI is InChI=1S/C10H16N4O/c15-10-13(9-3-4-11-5-9)7-12-14(10)6-8-1-2-8/h7-9,11H,1-6H2. The highest BCUT2D eigenvalue weighted by Gasteiger charge is 2.25. The highest BCUT2D eigenvalue weighted by atomic mass is 16.2. The molecule has 0 radical (unpaired) electrons. The third-order valence-electron chi connectivity index (χ3n) is 3.31. The minimum absolute atomic E-state index is 0.0654. The summed E-state index contributed by atoms with van der Waals surface area (Å²) in [6.45, 7) is 2.71. The Morgan fingerprint density at radius 3 is 3.00 bits per heavy atom. The second kappa shape index (κ2) is 3.48. The quantitative estimate of drug-likeness (QED) is 0.760. The van der Waals surface area contributed by atoms with E-state index in [1.807, 2.05) is 0 Å². The van der Waals surface area contributed by atoms with Gasteiger partial charge < -0.3 is 5.32 Å². The van der Waals surface area contributed by atoms with Crippen LogP contribution in [0, 0.1) is 5.92 Å². The van der Waals surface area contributed by atoms with E-state index in [-0.39, 0.29) is 5.69 Å². The van der Waals surface area contributed by atoms with E-state index in [0.29, 0.717) is 12.0 Å². The van der Waals surface area contributed by atoms with Crippen molar-refractivity contribution in [2.45, 2.75) is 31.8 Å². The number of nitrogens with zero attached hydrogens (tertiary/aromatic N) is 3. The Balaban J connectivity index is 1.82. The number of hydrogen-bond acceptors (Lipinski definition) is 3. The molecule has 1 atom stereocenters. The Labute approximate surface area is 88.1 Å². The first-order valence-electron chi connectivity index (χ1n) is 5.69. The van der Waals surface area contributed by atoms with Crippen molar-refractivity contribution in [1.29, 1.82) is 0 Å². The largest absolute Gasteiger partial charge is 0.346 e. The van der Waals surface area contributed by atoms with Gasteiger partial charge in [0.15, 0.2) is 0 Å². The molecule has 0 spiro atoms. The number of rotatable bonds is 3. The van der Waals surface area contributed by atoms with Crippen molar-refractivity contribution in [1.82, 2.24) is 19.7 Å². The minimum Gasteiger partial charge on any atom is -0.315 e. The molecule has 1 saturated carbocycles. The summed E-state index contributed by atoms with van der Waals surface area (Å²) < 4.78 is 3.40. The summed E-state index contributed by atoms with van der Waals surface area (Å²) in [5, 5.41) is 7.44. The van der Waals surface area contributed by atoms with Crippen LogP contribution < -0.4 is 11.0 Å². The number of aromatic nitrogens is 3. The Kier molecular flexibility index (Phi) is 2.12. The lowest BCUT2D eigenvalue weighted by molar-refractivity contribution is 0.496. The topological polar surface area (TPSA) is 51.9 Å². The summed E-state index contributed by atoms with van der Waals surface area (Å²) in [6.07, 6.45) is 5.24. The van der Waals surface area contributed by atoms with Crippen molar-refractivity contribution in [3.63, 3.8) is 0 Å². The second-order valence-electron chi connectivity index (χ2n) is 4.59. The Bertz CT molecular complexity index is 398. The summed E-state index contributed by atoms with van der Waals surface area (Å²) in [5.41, 5.74) is 0.0654. The molecule has 1 N–H and O–H groups in total. The molecule has 15 heavy (non-hydrogen) atoms. The van der Waals surface area contributed by atoms with Crippen molar-refractivity contribution in [3.8, 4) is 0 Å². The van der Waals surface area contributed by atoms with Crippen molar-refractivity contribution in [2.24, 2.45) is 5.92 Å². The molecule has 2 aliphatic rings. The van der Waals surface area contributed by atoms with E-state index in [2.05, 4.69) is 10.4 Å². The van der Waals surface area contributed by atoms with Crippen LogP contribution in [0.4, 0.5) is 0 Å².